The van der Waals surface area contributed by atoms with E-state index in [-0.39, 0.29) is 32.7 Å². The lowest BCUT2D eigenvalue weighted by atomic mass is 10.1. The molecule has 0 aliphatic carbocycles. The summed E-state index contributed by atoms with van der Waals surface area (Å²) in [6.07, 6.45) is 0. The van der Waals surface area contributed by atoms with Crippen LogP contribution in [0.3, 0.4) is 0 Å². The standard InChI is InChI=1S/C17H19Cl2N3O8S/c18-7-1-8(19)13(24)6-4-31-5-11(16(27)28)22-15(26)10(3-30-17(29)12(6)7)21-14(25)9(20)2-23/h1,9-11,23-24H,2-5,20H2,(H,21,25)(H,22,26)(H,27,28)/p-1/t9-,10-,11-/m0/s1. The van der Waals surface area contributed by atoms with E-state index in [1.807, 2.05) is 0 Å². The zero-order valence-corrected chi connectivity index (χ0v) is 18.1. The molecule has 170 valence electrons. The van der Waals surface area contributed by atoms with Crippen molar-refractivity contribution in [3.8, 4) is 5.75 Å². The van der Waals surface area contributed by atoms with Crippen LogP contribution in [0, 0.1) is 0 Å². The van der Waals surface area contributed by atoms with E-state index in [1.165, 1.54) is 0 Å². The first-order valence-electron chi connectivity index (χ1n) is 8.69. The molecule has 0 saturated carbocycles. The maximum atomic E-state index is 12.6. The van der Waals surface area contributed by atoms with Gasteiger partial charge in [0, 0.05) is 17.1 Å². The molecule has 31 heavy (non-hydrogen) atoms. The Morgan fingerprint density at radius 2 is 2.06 bits per heavy atom. The highest BCUT2D eigenvalue weighted by Gasteiger charge is 2.30. The lowest BCUT2D eigenvalue weighted by molar-refractivity contribution is -0.307. The quantitative estimate of drug-likeness (QED) is 0.296. The van der Waals surface area contributed by atoms with Gasteiger partial charge in [-0.25, -0.2) is 4.79 Å². The number of carboxylic acids is 1. The van der Waals surface area contributed by atoms with Gasteiger partial charge in [-0.3, -0.25) is 9.59 Å². The van der Waals surface area contributed by atoms with Gasteiger partial charge >= 0.3 is 5.97 Å². The summed E-state index contributed by atoms with van der Waals surface area (Å²) in [6, 6.07) is -3.25. The van der Waals surface area contributed by atoms with E-state index in [0.29, 0.717) is 0 Å². The number of nitrogens with two attached hydrogens (primary N) is 1. The first kappa shape index (κ1) is 25.0. The largest absolute Gasteiger partial charge is 0.548 e. The Balaban J connectivity index is 2.42. The van der Waals surface area contributed by atoms with Crippen molar-refractivity contribution in [1.82, 2.24) is 10.6 Å². The molecule has 2 amide bonds. The van der Waals surface area contributed by atoms with Crippen LogP contribution in [0.4, 0.5) is 0 Å². The summed E-state index contributed by atoms with van der Waals surface area (Å²) >= 11 is 12.9. The van der Waals surface area contributed by atoms with Crippen molar-refractivity contribution in [1.29, 1.82) is 0 Å². The summed E-state index contributed by atoms with van der Waals surface area (Å²) in [4.78, 5) is 48.5. The van der Waals surface area contributed by atoms with Gasteiger partial charge in [-0.05, 0) is 6.07 Å². The SMILES string of the molecule is N[C@@H](CO)C(=O)N[C@H]1COC(=O)c2c(Cl)cc(Cl)c(O)c2CSC[C@@H](C(=O)[O-])NC1=O. The normalized spacial score (nSPS) is 20.9. The molecule has 0 fully saturated rings. The number of hydrogen-bond acceptors (Lipinski definition) is 10. The van der Waals surface area contributed by atoms with Crippen LogP contribution in [-0.2, 0) is 24.9 Å². The number of halogens is 2. The zero-order valence-electron chi connectivity index (χ0n) is 15.7. The number of carboxylic acid groups (broad SMARTS) is 1. The van der Waals surface area contributed by atoms with Crippen LogP contribution in [0.2, 0.25) is 10.0 Å². The van der Waals surface area contributed by atoms with E-state index in [0.717, 1.165) is 17.8 Å². The number of phenols is 1. The first-order chi connectivity index (χ1) is 14.6. The van der Waals surface area contributed by atoms with Gasteiger partial charge < -0.3 is 41.2 Å². The van der Waals surface area contributed by atoms with Crippen LogP contribution >= 0.6 is 35.0 Å². The number of aromatic hydroxyl groups is 1. The summed E-state index contributed by atoms with van der Waals surface area (Å²) in [7, 11) is 0. The van der Waals surface area contributed by atoms with Crippen LogP contribution in [0.25, 0.3) is 0 Å². The van der Waals surface area contributed by atoms with Crippen LogP contribution in [-0.4, -0.2) is 71.1 Å². The molecular weight excluding hydrogens is 477 g/mol. The predicted octanol–water partition coefficient (Wildman–Crippen LogP) is -1.86. The fourth-order valence-corrected chi connectivity index (χ4v) is 4.15. The molecule has 6 N–H and O–H groups in total. The molecule has 14 heteroatoms. The third-order valence-electron chi connectivity index (χ3n) is 4.19. The molecule has 2 rings (SSSR count). The molecule has 11 nitrogen and oxygen atoms in total. The second-order valence-corrected chi connectivity index (χ2v) is 8.23. The summed E-state index contributed by atoms with van der Waals surface area (Å²) in [5.74, 6) is -5.25. The Morgan fingerprint density at radius 1 is 1.39 bits per heavy atom. The van der Waals surface area contributed by atoms with Crippen LogP contribution < -0.4 is 21.5 Å². The van der Waals surface area contributed by atoms with Crippen LogP contribution in [0.1, 0.15) is 15.9 Å². The number of aliphatic carboxylic acids is 1. The van der Waals surface area contributed by atoms with Crippen molar-refractivity contribution >= 4 is 58.7 Å². The van der Waals surface area contributed by atoms with Crippen molar-refractivity contribution in [3.05, 3.63) is 27.2 Å². The Hall–Kier alpha value is -2.25. The number of amides is 2. The number of aliphatic hydroxyl groups is 1. The number of esters is 1. The van der Waals surface area contributed by atoms with E-state index in [1.54, 1.807) is 0 Å². The van der Waals surface area contributed by atoms with E-state index in [4.69, 9.17) is 38.8 Å². The van der Waals surface area contributed by atoms with Crippen molar-refractivity contribution in [3.63, 3.8) is 0 Å². The van der Waals surface area contributed by atoms with Gasteiger partial charge in [-0.15, -0.1) is 0 Å². The maximum Gasteiger partial charge on any atom is 0.340 e. The van der Waals surface area contributed by atoms with Gasteiger partial charge in [-0.1, -0.05) is 23.2 Å². The summed E-state index contributed by atoms with van der Waals surface area (Å²) < 4.78 is 5.08. The minimum Gasteiger partial charge on any atom is -0.548 e. The first-order valence-corrected chi connectivity index (χ1v) is 10.6. The highest BCUT2D eigenvalue weighted by Crippen LogP contribution is 2.38. The van der Waals surface area contributed by atoms with Gasteiger partial charge in [-0.2, -0.15) is 11.8 Å². The summed E-state index contributed by atoms with van der Waals surface area (Å²) in [5.41, 5.74) is 5.19. The van der Waals surface area contributed by atoms with E-state index in [2.05, 4.69) is 10.6 Å². The van der Waals surface area contributed by atoms with Gasteiger partial charge in [0.2, 0.25) is 11.8 Å². The van der Waals surface area contributed by atoms with Gasteiger partial charge in [0.25, 0.3) is 0 Å². The number of aliphatic hydroxyl groups excluding tert-OH is 1. The molecule has 3 atom stereocenters. The monoisotopic (exact) mass is 494 g/mol. The second kappa shape index (κ2) is 10.9. The van der Waals surface area contributed by atoms with Crippen LogP contribution in [0.15, 0.2) is 6.07 Å². The molecular formula is C17H18Cl2N3O8S-. The fourth-order valence-electron chi connectivity index (χ4n) is 2.52. The number of carbonyl (C=O) groups excluding carboxylic acids is 4. The van der Waals surface area contributed by atoms with E-state index < -0.39 is 60.8 Å². The average molecular weight is 495 g/mol. The van der Waals surface area contributed by atoms with Gasteiger partial charge in [0.1, 0.15) is 24.4 Å². The van der Waals surface area contributed by atoms with Crippen molar-refractivity contribution < 1.29 is 39.2 Å². The van der Waals surface area contributed by atoms with Crippen molar-refractivity contribution in [2.24, 2.45) is 5.73 Å². The Bertz CT molecular complexity index is 901. The average Bonchev–Trinajstić information content (AvgIpc) is 2.71. The van der Waals surface area contributed by atoms with E-state index >= 15 is 0 Å². The summed E-state index contributed by atoms with van der Waals surface area (Å²) in [6.45, 7) is -1.44. The number of phenolic OH excluding ortho intramolecular Hbond substituents is 1. The number of rotatable bonds is 4. The van der Waals surface area contributed by atoms with Gasteiger partial charge in [0.15, 0.2) is 0 Å². The molecule has 0 unspecified atom stereocenters. The Kier molecular flexibility index (Phi) is 8.77. The Labute approximate surface area is 190 Å². The molecule has 1 aromatic carbocycles. The van der Waals surface area contributed by atoms with E-state index in [9.17, 15) is 29.4 Å². The fraction of sp³-hybridized carbons (Fsp3) is 0.412. The van der Waals surface area contributed by atoms with Crippen molar-refractivity contribution in [2.75, 3.05) is 19.0 Å². The molecule has 0 spiro atoms. The topological polar surface area (TPSA) is 191 Å². The number of benzene rings is 1. The minimum atomic E-state index is -1.60. The third kappa shape index (κ3) is 6.14. The van der Waals surface area contributed by atoms with Crippen LogP contribution in [0.5, 0.6) is 5.75 Å². The molecule has 1 aliphatic heterocycles. The molecule has 0 saturated heterocycles. The highest BCUT2D eigenvalue weighted by molar-refractivity contribution is 7.98. The zero-order chi connectivity index (χ0) is 23.3. The number of cyclic esters (lactones) is 1. The number of fused-ring (bicyclic) bond motifs is 1. The number of nitrogens with one attached hydrogen (secondary N) is 2. The van der Waals surface area contributed by atoms with Gasteiger partial charge in [0.05, 0.1) is 34.2 Å². The second-order valence-electron chi connectivity index (χ2n) is 6.39. The molecule has 1 aliphatic rings. The molecule has 0 aromatic heterocycles. The van der Waals surface area contributed by atoms with Crippen molar-refractivity contribution in [2.45, 2.75) is 23.9 Å². The Morgan fingerprint density at radius 3 is 2.68 bits per heavy atom. The predicted molar refractivity (Wildman–Crippen MR) is 109 cm³/mol. The molecule has 0 radical (unpaired) electrons. The lowest BCUT2D eigenvalue weighted by Crippen LogP contribution is -2.58. The maximum absolute atomic E-state index is 12.6. The molecule has 1 aromatic rings. The minimum absolute atomic E-state index is 0.0133. The number of hydrogen-bond donors (Lipinski definition) is 5. The number of carbonyl (C=O) groups is 4. The smallest absolute Gasteiger partial charge is 0.340 e. The molecule has 1 heterocycles. The number of thioether (sulfide) groups is 1. The third-order valence-corrected chi connectivity index (χ3v) is 5.84. The lowest BCUT2D eigenvalue weighted by Gasteiger charge is -2.26. The molecule has 0 bridgehead atoms. The summed E-state index contributed by atoms with van der Waals surface area (Å²) in [5, 5.41) is 34.8. The number of ether oxygens (including phenoxy) is 1. The highest BCUT2D eigenvalue weighted by atomic mass is 35.5.